The number of ketones is 1. The number of hydrogen-bond acceptors (Lipinski definition) is 6. The largest absolute Gasteiger partial charge is 0.346 e. The second-order valence-corrected chi connectivity index (χ2v) is 8.05. The monoisotopic (exact) mass is 431 g/mol. The number of rotatable bonds is 10. The number of likely N-dealkylation sites (N-methyl/N-ethyl adjacent to an activating group) is 1. The van der Waals surface area contributed by atoms with E-state index in [0.717, 1.165) is 5.56 Å². The number of piperidine rings is 1. The lowest BCUT2D eigenvalue weighted by atomic mass is 9.83. The first-order chi connectivity index (χ1) is 14.8. The molecule has 1 fully saturated rings. The van der Waals surface area contributed by atoms with Crippen LogP contribution in [0.3, 0.4) is 0 Å². The molecule has 1 atom stereocenters. The van der Waals surface area contributed by atoms with Crippen molar-refractivity contribution < 1.29 is 19.2 Å². The van der Waals surface area contributed by atoms with E-state index < -0.39 is 23.4 Å². The van der Waals surface area contributed by atoms with E-state index in [-0.39, 0.29) is 31.2 Å². The van der Waals surface area contributed by atoms with Gasteiger partial charge in [-0.05, 0) is 39.4 Å². The predicted octanol–water partition coefficient (Wildman–Crippen LogP) is -0.781. The Hall–Kier alpha value is -2.78. The maximum Gasteiger partial charge on any atom is 0.243 e. The van der Waals surface area contributed by atoms with Crippen molar-refractivity contribution in [3.8, 4) is 0 Å². The summed E-state index contributed by atoms with van der Waals surface area (Å²) in [4.78, 5) is 51.7. The second-order valence-electron chi connectivity index (χ2n) is 8.05. The van der Waals surface area contributed by atoms with Crippen LogP contribution in [0.5, 0.6) is 0 Å². The fourth-order valence-electron chi connectivity index (χ4n) is 3.59. The Bertz CT molecular complexity index is 775. The van der Waals surface area contributed by atoms with Crippen molar-refractivity contribution in [3.63, 3.8) is 0 Å². The van der Waals surface area contributed by atoms with Crippen LogP contribution in [0.2, 0.25) is 0 Å². The average Bonchev–Trinajstić information content (AvgIpc) is 2.74. The Morgan fingerprint density at radius 2 is 1.68 bits per heavy atom. The minimum Gasteiger partial charge on any atom is -0.346 e. The van der Waals surface area contributed by atoms with Gasteiger partial charge in [-0.15, -0.1) is 0 Å². The van der Waals surface area contributed by atoms with Crippen molar-refractivity contribution in [3.05, 3.63) is 35.9 Å². The van der Waals surface area contributed by atoms with Gasteiger partial charge in [0.25, 0.3) is 0 Å². The predicted molar refractivity (Wildman–Crippen MR) is 117 cm³/mol. The van der Waals surface area contributed by atoms with Crippen molar-refractivity contribution in [1.82, 2.24) is 26.2 Å². The first-order valence-corrected chi connectivity index (χ1v) is 10.5. The lowest BCUT2D eigenvalue weighted by Gasteiger charge is -2.40. The summed E-state index contributed by atoms with van der Waals surface area (Å²) in [6.45, 7) is 2.76. The maximum atomic E-state index is 13.2. The highest BCUT2D eigenvalue weighted by molar-refractivity contribution is 5.95. The van der Waals surface area contributed by atoms with Crippen molar-refractivity contribution in [2.75, 3.05) is 40.3 Å². The first kappa shape index (κ1) is 24.5. The summed E-state index contributed by atoms with van der Waals surface area (Å²) in [5.74, 6) is -1.28. The van der Waals surface area contributed by atoms with Gasteiger partial charge in [0.15, 0.2) is 5.78 Å². The minimum atomic E-state index is -0.926. The number of nitrogens with one attached hydrogen (secondary N) is 4. The third-order valence-electron chi connectivity index (χ3n) is 5.59. The van der Waals surface area contributed by atoms with Crippen molar-refractivity contribution in [1.29, 1.82) is 0 Å². The van der Waals surface area contributed by atoms with Crippen LogP contribution in [-0.4, -0.2) is 80.3 Å². The molecule has 1 aliphatic heterocycles. The van der Waals surface area contributed by atoms with Gasteiger partial charge < -0.3 is 26.2 Å². The van der Waals surface area contributed by atoms with E-state index in [9.17, 15) is 19.2 Å². The molecule has 4 N–H and O–H groups in total. The van der Waals surface area contributed by atoms with Gasteiger partial charge in [-0.25, -0.2) is 0 Å². The van der Waals surface area contributed by atoms with Crippen LogP contribution >= 0.6 is 0 Å². The topological polar surface area (TPSA) is 120 Å². The Morgan fingerprint density at radius 1 is 1.03 bits per heavy atom. The van der Waals surface area contributed by atoms with Gasteiger partial charge in [0.1, 0.15) is 11.6 Å². The van der Waals surface area contributed by atoms with E-state index in [0.29, 0.717) is 25.9 Å². The summed E-state index contributed by atoms with van der Waals surface area (Å²) in [6.07, 6.45) is 1.32. The fourth-order valence-corrected chi connectivity index (χ4v) is 3.59. The molecular weight excluding hydrogens is 398 g/mol. The number of Topliss-reactive ketones (excluding diaryl/α,β-unsaturated/α-hetero) is 1. The summed E-state index contributed by atoms with van der Waals surface area (Å²) in [7, 11) is 3.61. The van der Waals surface area contributed by atoms with E-state index in [1.807, 2.05) is 37.4 Å². The number of carbonyl (C=O) groups excluding carboxylic acids is 4. The summed E-state index contributed by atoms with van der Waals surface area (Å²) in [5, 5.41) is 10.8. The number of nitrogens with zero attached hydrogens (tertiary/aromatic N) is 1. The highest BCUT2D eigenvalue weighted by Crippen LogP contribution is 2.23. The van der Waals surface area contributed by atoms with Crippen molar-refractivity contribution >= 4 is 23.5 Å². The first-order valence-electron chi connectivity index (χ1n) is 10.5. The van der Waals surface area contributed by atoms with Gasteiger partial charge in [-0.1, -0.05) is 30.3 Å². The summed E-state index contributed by atoms with van der Waals surface area (Å²) in [6, 6.07) is 8.47. The zero-order chi connectivity index (χ0) is 22.9. The minimum absolute atomic E-state index is 0.0851. The van der Waals surface area contributed by atoms with Gasteiger partial charge in [0, 0.05) is 19.5 Å². The molecule has 0 spiro atoms. The highest BCUT2D eigenvalue weighted by atomic mass is 16.2. The van der Waals surface area contributed by atoms with Crippen molar-refractivity contribution in [2.24, 2.45) is 0 Å². The standard InChI is InChI=1S/C22H33N5O4/c1-16(28)22(9-11-27(3)12-10-22)26-21(31)18(13-17-7-5-4-6-8-17)25-20(30)15-24-19(29)14-23-2/h4-8,18,23H,9-15H2,1-3H3,(H,24,29)(H,25,30)(H,26,31)/t18-/m0/s1. The van der Waals surface area contributed by atoms with Gasteiger partial charge >= 0.3 is 0 Å². The van der Waals surface area contributed by atoms with Crippen molar-refractivity contribution in [2.45, 2.75) is 37.8 Å². The van der Waals surface area contributed by atoms with Gasteiger partial charge in [-0.3, -0.25) is 19.2 Å². The smallest absolute Gasteiger partial charge is 0.243 e. The number of amides is 3. The zero-order valence-electron chi connectivity index (χ0n) is 18.5. The molecule has 0 aliphatic carbocycles. The van der Waals surface area contributed by atoms with Crippen LogP contribution in [0.15, 0.2) is 30.3 Å². The number of benzene rings is 1. The normalized spacial score (nSPS) is 16.7. The average molecular weight is 432 g/mol. The van der Waals surface area contributed by atoms with Gasteiger partial charge in [0.2, 0.25) is 17.7 Å². The fraction of sp³-hybridized carbons (Fsp3) is 0.545. The number of hydrogen-bond donors (Lipinski definition) is 4. The molecule has 1 heterocycles. The molecule has 31 heavy (non-hydrogen) atoms. The molecule has 0 aromatic heterocycles. The third kappa shape index (κ3) is 7.45. The number of likely N-dealkylation sites (tertiary alicyclic amines) is 1. The van der Waals surface area contributed by atoms with Crippen LogP contribution in [0.25, 0.3) is 0 Å². The van der Waals surface area contributed by atoms with Gasteiger partial charge in [-0.2, -0.15) is 0 Å². The molecule has 0 saturated carbocycles. The molecule has 170 valence electrons. The third-order valence-corrected chi connectivity index (χ3v) is 5.59. The molecule has 9 nitrogen and oxygen atoms in total. The molecule has 1 aromatic carbocycles. The molecule has 1 aliphatic rings. The lowest BCUT2D eigenvalue weighted by Crippen LogP contribution is -2.62. The molecule has 0 unspecified atom stereocenters. The van der Waals surface area contributed by atoms with Crippen LogP contribution in [-0.2, 0) is 25.6 Å². The zero-order valence-corrected chi connectivity index (χ0v) is 18.5. The van der Waals surface area contributed by atoms with Crippen LogP contribution in [0.1, 0.15) is 25.3 Å². The highest BCUT2D eigenvalue weighted by Gasteiger charge is 2.40. The second kappa shape index (κ2) is 11.6. The molecule has 3 amide bonds. The van der Waals surface area contributed by atoms with E-state index >= 15 is 0 Å². The Kier molecular flexibility index (Phi) is 9.14. The lowest BCUT2D eigenvalue weighted by molar-refractivity contribution is -0.135. The van der Waals surface area contributed by atoms with E-state index in [2.05, 4.69) is 26.2 Å². The molecule has 0 radical (unpaired) electrons. The molecular formula is C22H33N5O4. The summed E-state index contributed by atoms with van der Waals surface area (Å²) < 4.78 is 0. The molecule has 2 rings (SSSR count). The van der Waals surface area contributed by atoms with Crippen LogP contribution in [0, 0.1) is 0 Å². The SMILES string of the molecule is CNCC(=O)NCC(=O)N[C@@H](Cc1ccccc1)C(=O)NC1(C(C)=O)CCN(C)CC1. The van der Waals surface area contributed by atoms with E-state index in [4.69, 9.17) is 0 Å². The Labute approximate surface area is 183 Å². The summed E-state index contributed by atoms with van der Waals surface area (Å²) in [5.41, 5.74) is -0.0491. The van der Waals surface area contributed by atoms with Gasteiger partial charge in [0.05, 0.1) is 13.1 Å². The molecule has 1 saturated heterocycles. The molecule has 0 bridgehead atoms. The van der Waals surface area contributed by atoms with Crippen LogP contribution in [0.4, 0.5) is 0 Å². The molecule has 9 heteroatoms. The van der Waals surface area contributed by atoms with Crippen LogP contribution < -0.4 is 21.3 Å². The Morgan fingerprint density at radius 3 is 2.26 bits per heavy atom. The Balaban J connectivity index is 2.11. The van der Waals surface area contributed by atoms with E-state index in [1.165, 1.54) is 6.92 Å². The molecule has 1 aromatic rings. The maximum absolute atomic E-state index is 13.2. The summed E-state index contributed by atoms with van der Waals surface area (Å²) >= 11 is 0. The quantitative estimate of drug-likeness (QED) is 0.386. The number of carbonyl (C=O) groups is 4. The van der Waals surface area contributed by atoms with E-state index in [1.54, 1.807) is 7.05 Å².